The van der Waals surface area contributed by atoms with Gasteiger partial charge >= 0.3 is 6.18 Å². The lowest BCUT2D eigenvalue weighted by Crippen LogP contribution is -2.52. The van der Waals surface area contributed by atoms with E-state index in [1.165, 1.54) is 12.1 Å². The summed E-state index contributed by atoms with van der Waals surface area (Å²) in [6, 6.07) is 18.4. The summed E-state index contributed by atoms with van der Waals surface area (Å²) in [6.07, 6.45) is -3.97. The number of carbonyl (C=O) groups is 1. The molecule has 0 aromatic heterocycles. The van der Waals surface area contributed by atoms with E-state index in [-0.39, 0.29) is 32.1 Å². The predicted octanol–water partition coefficient (Wildman–Crippen LogP) is 4.99. The molecule has 3 aromatic rings. The zero-order valence-electron chi connectivity index (χ0n) is 21.8. The Labute approximate surface area is 233 Å². The molecule has 10 nitrogen and oxygen atoms in total. The summed E-state index contributed by atoms with van der Waals surface area (Å²) in [7, 11) is 0. The summed E-state index contributed by atoms with van der Waals surface area (Å²) in [6.45, 7) is 0.161. The van der Waals surface area contributed by atoms with Gasteiger partial charge in [-0.1, -0.05) is 47.6 Å². The first-order chi connectivity index (χ1) is 19.7. The van der Waals surface area contributed by atoms with Crippen molar-refractivity contribution in [2.24, 2.45) is 10.1 Å². The second kappa shape index (κ2) is 13.2. The van der Waals surface area contributed by atoms with Crippen LogP contribution in [0.25, 0.3) is 10.4 Å². The molecule has 3 N–H and O–H groups in total. The number of carbonyl (C=O) groups excluding carboxylic acids is 1. The van der Waals surface area contributed by atoms with Crippen LogP contribution in [0, 0.1) is 0 Å². The highest BCUT2D eigenvalue weighted by Crippen LogP contribution is 2.32. The van der Waals surface area contributed by atoms with Crippen LogP contribution in [0.4, 0.5) is 18.9 Å². The number of nitrogens with zero attached hydrogens (tertiary/aromatic N) is 4. The molecule has 0 saturated carbocycles. The van der Waals surface area contributed by atoms with E-state index in [4.69, 9.17) is 20.1 Å². The van der Waals surface area contributed by atoms with Crippen molar-refractivity contribution in [1.82, 2.24) is 10.9 Å². The van der Waals surface area contributed by atoms with Crippen molar-refractivity contribution in [2.75, 3.05) is 19.8 Å². The third kappa shape index (κ3) is 7.54. The van der Waals surface area contributed by atoms with Crippen LogP contribution in [-0.2, 0) is 28.7 Å². The molecular formula is C28H27F3N6O4. The zero-order valence-corrected chi connectivity index (χ0v) is 21.8. The summed E-state index contributed by atoms with van der Waals surface area (Å²) in [5, 5.41) is 12.6. The Balaban J connectivity index is 1.56. The fraction of sp³-hybridized carbons (Fsp3) is 0.286. The van der Waals surface area contributed by atoms with Gasteiger partial charge in [0.2, 0.25) is 5.90 Å². The summed E-state index contributed by atoms with van der Waals surface area (Å²) < 4.78 is 50.6. The second-order valence-electron chi connectivity index (χ2n) is 9.19. The van der Waals surface area contributed by atoms with E-state index in [0.29, 0.717) is 41.2 Å². The number of aliphatic imine (C=N–C) groups is 1. The fourth-order valence-corrected chi connectivity index (χ4v) is 4.15. The van der Waals surface area contributed by atoms with Crippen molar-refractivity contribution in [2.45, 2.75) is 31.1 Å². The maximum atomic E-state index is 13.6. The lowest BCUT2D eigenvalue weighted by atomic mass is 9.91. The number of hydrogen-bond acceptors (Lipinski definition) is 7. The summed E-state index contributed by atoms with van der Waals surface area (Å²) in [5.41, 5.74) is 13.7. The molecule has 1 aliphatic heterocycles. The number of rotatable bonds is 12. The number of aliphatic hydroxyl groups is 1. The quantitative estimate of drug-likeness (QED) is 0.0929. The number of alkyl halides is 3. The number of nitrogens with one attached hydrogen (secondary N) is 2. The third-order valence-corrected chi connectivity index (χ3v) is 6.23. The van der Waals surface area contributed by atoms with Gasteiger partial charge in [0.25, 0.3) is 5.91 Å². The van der Waals surface area contributed by atoms with Crippen LogP contribution in [0.1, 0.15) is 28.7 Å². The highest BCUT2D eigenvalue weighted by Gasteiger charge is 2.45. The number of halogens is 3. The van der Waals surface area contributed by atoms with Gasteiger partial charge in [-0.05, 0) is 47.0 Å². The van der Waals surface area contributed by atoms with Crippen molar-refractivity contribution < 1.29 is 32.5 Å². The number of amides is 1. The van der Waals surface area contributed by atoms with E-state index in [0.717, 1.165) is 12.1 Å². The molecule has 0 bridgehead atoms. The van der Waals surface area contributed by atoms with E-state index >= 15 is 0 Å². The standard InChI is InChI=1S/C28H27F3N6O4/c29-28(30,31)22-7-3-5-19(15-22)17-33-36-26(39)27(16-21-6-1-2-8-24(21)35-37-32)18-41-25(34-27)20-9-11-23(12-10-20)40-14-4-13-38/h1-3,5-12,15,33,38H,4,13-14,16-18H2,(H,36,39)/t27-/m0/s1. The monoisotopic (exact) mass is 568 g/mol. The molecule has 214 valence electrons. The third-order valence-electron chi connectivity index (χ3n) is 6.23. The van der Waals surface area contributed by atoms with Crippen molar-refractivity contribution >= 4 is 17.5 Å². The number of benzene rings is 3. The van der Waals surface area contributed by atoms with Gasteiger partial charge in [-0.2, -0.15) is 13.2 Å². The smallest absolute Gasteiger partial charge is 0.416 e. The minimum atomic E-state index is -4.49. The molecule has 1 amide bonds. The highest BCUT2D eigenvalue weighted by molar-refractivity contribution is 6.00. The van der Waals surface area contributed by atoms with Gasteiger partial charge in [-0.25, -0.2) is 10.4 Å². The molecule has 0 unspecified atom stereocenters. The number of hydrazine groups is 1. The summed E-state index contributed by atoms with van der Waals surface area (Å²) >= 11 is 0. The Morgan fingerprint density at radius 2 is 1.93 bits per heavy atom. The second-order valence-corrected chi connectivity index (χ2v) is 9.19. The minimum Gasteiger partial charge on any atom is -0.494 e. The van der Waals surface area contributed by atoms with Gasteiger partial charge in [-0.15, -0.1) is 0 Å². The van der Waals surface area contributed by atoms with Crippen LogP contribution in [-0.4, -0.2) is 42.3 Å². The maximum absolute atomic E-state index is 13.6. The van der Waals surface area contributed by atoms with E-state index < -0.39 is 23.2 Å². The van der Waals surface area contributed by atoms with Crippen molar-refractivity contribution in [3.63, 3.8) is 0 Å². The van der Waals surface area contributed by atoms with Gasteiger partial charge in [0.1, 0.15) is 12.4 Å². The number of azide groups is 1. The number of ether oxygens (including phenoxy) is 2. The SMILES string of the molecule is [N-]=[N+]=Nc1ccccc1C[C@@]1(C(=O)NNCc2cccc(C(F)(F)F)c2)COC(c2ccc(OCCCO)cc2)=N1. The van der Waals surface area contributed by atoms with Gasteiger partial charge in [0, 0.05) is 42.2 Å². The average Bonchev–Trinajstić information content (AvgIpc) is 3.40. The molecule has 0 saturated heterocycles. The summed E-state index contributed by atoms with van der Waals surface area (Å²) in [4.78, 5) is 21.1. The van der Waals surface area contributed by atoms with E-state index in [1.807, 2.05) is 0 Å². The topological polar surface area (TPSA) is 141 Å². The molecule has 13 heteroatoms. The first kappa shape index (κ1) is 29.4. The molecule has 4 rings (SSSR count). The predicted molar refractivity (Wildman–Crippen MR) is 144 cm³/mol. The molecule has 0 fully saturated rings. The lowest BCUT2D eigenvalue weighted by molar-refractivity contribution is -0.137. The van der Waals surface area contributed by atoms with Crippen LogP contribution in [0.15, 0.2) is 82.9 Å². The van der Waals surface area contributed by atoms with Crippen LogP contribution in [0.3, 0.4) is 0 Å². The molecule has 3 aromatic carbocycles. The molecule has 41 heavy (non-hydrogen) atoms. The molecule has 0 radical (unpaired) electrons. The van der Waals surface area contributed by atoms with Gasteiger partial charge in [0.05, 0.1) is 12.2 Å². The largest absolute Gasteiger partial charge is 0.494 e. The molecule has 0 spiro atoms. The Morgan fingerprint density at radius 3 is 2.66 bits per heavy atom. The van der Waals surface area contributed by atoms with E-state index in [9.17, 15) is 18.0 Å². The van der Waals surface area contributed by atoms with Gasteiger partial charge in [0.15, 0.2) is 5.54 Å². The Kier molecular flexibility index (Phi) is 9.45. The van der Waals surface area contributed by atoms with Crippen molar-refractivity contribution in [1.29, 1.82) is 0 Å². The lowest BCUT2D eigenvalue weighted by Gasteiger charge is -2.24. The minimum absolute atomic E-state index is 0.0183. The number of hydrogen-bond donors (Lipinski definition) is 3. The van der Waals surface area contributed by atoms with Crippen LogP contribution in [0.2, 0.25) is 0 Å². The Hall–Kier alpha value is -4.58. The highest BCUT2D eigenvalue weighted by atomic mass is 19.4. The van der Waals surface area contributed by atoms with Crippen molar-refractivity contribution in [3.05, 3.63) is 105 Å². The molecule has 1 heterocycles. The Bertz CT molecular complexity index is 1440. The van der Waals surface area contributed by atoms with Crippen LogP contribution >= 0.6 is 0 Å². The summed E-state index contributed by atoms with van der Waals surface area (Å²) in [5.74, 6) is 0.215. The normalized spacial score (nSPS) is 16.3. The van der Waals surface area contributed by atoms with Gasteiger partial charge < -0.3 is 14.6 Å². The van der Waals surface area contributed by atoms with Crippen molar-refractivity contribution in [3.8, 4) is 5.75 Å². The Morgan fingerprint density at radius 1 is 1.15 bits per heavy atom. The van der Waals surface area contributed by atoms with E-state index in [1.54, 1.807) is 48.5 Å². The first-order valence-electron chi connectivity index (χ1n) is 12.6. The fourth-order valence-electron chi connectivity index (χ4n) is 4.15. The van der Waals surface area contributed by atoms with Crippen LogP contribution < -0.4 is 15.6 Å². The van der Waals surface area contributed by atoms with Crippen LogP contribution in [0.5, 0.6) is 5.75 Å². The number of aliphatic hydroxyl groups excluding tert-OH is 1. The zero-order chi connectivity index (χ0) is 29.3. The average molecular weight is 569 g/mol. The first-order valence-corrected chi connectivity index (χ1v) is 12.6. The molecule has 1 atom stereocenters. The molecule has 1 aliphatic rings. The molecular weight excluding hydrogens is 541 g/mol. The maximum Gasteiger partial charge on any atom is 0.416 e. The van der Waals surface area contributed by atoms with Gasteiger partial charge in [-0.3, -0.25) is 10.2 Å². The van der Waals surface area contributed by atoms with E-state index in [2.05, 4.69) is 25.9 Å². The molecule has 0 aliphatic carbocycles.